The molecule has 2 saturated heterocycles. The van der Waals surface area contributed by atoms with Crippen molar-refractivity contribution in [1.82, 2.24) is 9.80 Å². The summed E-state index contributed by atoms with van der Waals surface area (Å²) in [6.45, 7) is 8.60. The van der Waals surface area contributed by atoms with E-state index in [4.69, 9.17) is 0 Å². The fourth-order valence-corrected chi connectivity index (χ4v) is 3.08. The molecule has 2 heterocycles. The van der Waals surface area contributed by atoms with Gasteiger partial charge >= 0.3 is 0 Å². The third-order valence-corrected chi connectivity index (χ3v) is 4.16. The quantitative estimate of drug-likeness (QED) is 0.783. The highest BCUT2D eigenvalue weighted by molar-refractivity contribution is 5.26. The standard InChI is InChI=1S/C15H22N2/c1-12-3-5-14(6-4-12)15-10-17(11-15)9-13-7-16(2)8-13/h3-6,13,15H,7-11H2,1-2H3. The molecular formula is C15H22N2. The van der Waals surface area contributed by atoms with E-state index in [1.165, 1.54) is 43.9 Å². The Bertz CT molecular complexity index is 372. The summed E-state index contributed by atoms with van der Waals surface area (Å²) >= 11 is 0. The molecule has 17 heavy (non-hydrogen) atoms. The van der Waals surface area contributed by atoms with Crippen molar-refractivity contribution in [1.29, 1.82) is 0 Å². The van der Waals surface area contributed by atoms with Crippen LogP contribution in [0.1, 0.15) is 17.0 Å². The fraction of sp³-hybridized carbons (Fsp3) is 0.600. The molecule has 0 radical (unpaired) electrons. The summed E-state index contributed by atoms with van der Waals surface area (Å²) in [4.78, 5) is 5.02. The number of hydrogen-bond acceptors (Lipinski definition) is 2. The molecule has 0 aliphatic carbocycles. The number of benzene rings is 1. The van der Waals surface area contributed by atoms with Crippen molar-refractivity contribution in [3.63, 3.8) is 0 Å². The molecule has 2 heteroatoms. The van der Waals surface area contributed by atoms with Gasteiger partial charge in [-0.3, -0.25) is 0 Å². The van der Waals surface area contributed by atoms with Gasteiger partial charge in [0.1, 0.15) is 0 Å². The van der Waals surface area contributed by atoms with Crippen LogP contribution in [-0.4, -0.2) is 49.6 Å². The minimum atomic E-state index is 0.786. The summed E-state index contributed by atoms with van der Waals surface area (Å²) in [7, 11) is 2.21. The minimum Gasteiger partial charge on any atom is -0.306 e. The van der Waals surface area contributed by atoms with E-state index in [2.05, 4.69) is 48.0 Å². The largest absolute Gasteiger partial charge is 0.306 e. The first kappa shape index (κ1) is 11.2. The SMILES string of the molecule is Cc1ccc(C2CN(CC3CN(C)C3)C2)cc1. The maximum absolute atomic E-state index is 2.61. The number of hydrogen-bond donors (Lipinski definition) is 0. The van der Waals surface area contributed by atoms with E-state index in [0.29, 0.717) is 0 Å². The number of likely N-dealkylation sites (tertiary alicyclic amines) is 2. The second-order valence-corrected chi connectivity index (χ2v) is 5.91. The van der Waals surface area contributed by atoms with E-state index in [1.807, 2.05) is 0 Å². The predicted molar refractivity (Wildman–Crippen MR) is 71.3 cm³/mol. The Hall–Kier alpha value is -0.860. The highest BCUT2D eigenvalue weighted by Gasteiger charge is 2.32. The highest BCUT2D eigenvalue weighted by Crippen LogP contribution is 2.28. The first-order valence-electron chi connectivity index (χ1n) is 6.68. The third-order valence-electron chi connectivity index (χ3n) is 4.16. The average Bonchev–Trinajstić information content (AvgIpc) is 2.21. The summed E-state index contributed by atoms with van der Waals surface area (Å²) in [6.07, 6.45) is 0. The van der Waals surface area contributed by atoms with Crippen molar-refractivity contribution in [3.05, 3.63) is 35.4 Å². The summed E-state index contributed by atoms with van der Waals surface area (Å²) in [5.41, 5.74) is 2.89. The molecule has 0 atom stereocenters. The van der Waals surface area contributed by atoms with E-state index in [0.717, 1.165) is 11.8 Å². The van der Waals surface area contributed by atoms with Crippen LogP contribution >= 0.6 is 0 Å². The molecule has 2 aliphatic rings. The summed E-state index contributed by atoms with van der Waals surface area (Å²) < 4.78 is 0. The predicted octanol–water partition coefficient (Wildman–Crippen LogP) is 1.96. The third kappa shape index (κ3) is 2.38. The molecule has 0 unspecified atom stereocenters. The van der Waals surface area contributed by atoms with Crippen molar-refractivity contribution in [2.24, 2.45) is 5.92 Å². The van der Waals surface area contributed by atoms with Gasteiger partial charge in [-0.25, -0.2) is 0 Å². The Labute approximate surface area is 104 Å². The molecule has 0 aromatic heterocycles. The van der Waals surface area contributed by atoms with E-state index in [1.54, 1.807) is 0 Å². The van der Waals surface area contributed by atoms with E-state index < -0.39 is 0 Å². The summed E-state index contributed by atoms with van der Waals surface area (Å²) in [6, 6.07) is 9.07. The average molecular weight is 230 g/mol. The van der Waals surface area contributed by atoms with Crippen molar-refractivity contribution < 1.29 is 0 Å². The summed E-state index contributed by atoms with van der Waals surface area (Å²) in [5, 5.41) is 0. The molecule has 2 nitrogen and oxygen atoms in total. The van der Waals surface area contributed by atoms with Gasteiger partial charge in [0.15, 0.2) is 0 Å². The van der Waals surface area contributed by atoms with Crippen LogP contribution < -0.4 is 0 Å². The Morgan fingerprint density at radius 2 is 1.71 bits per heavy atom. The van der Waals surface area contributed by atoms with Crippen LogP contribution in [0.2, 0.25) is 0 Å². The van der Waals surface area contributed by atoms with Gasteiger partial charge in [-0.1, -0.05) is 29.8 Å². The zero-order valence-electron chi connectivity index (χ0n) is 10.9. The van der Waals surface area contributed by atoms with Crippen molar-refractivity contribution >= 4 is 0 Å². The van der Waals surface area contributed by atoms with Crippen LogP contribution in [0.25, 0.3) is 0 Å². The normalized spacial score (nSPS) is 23.4. The topological polar surface area (TPSA) is 6.48 Å². The Morgan fingerprint density at radius 1 is 1.06 bits per heavy atom. The van der Waals surface area contributed by atoms with Gasteiger partial charge in [-0.15, -0.1) is 0 Å². The van der Waals surface area contributed by atoms with Crippen molar-refractivity contribution in [2.45, 2.75) is 12.8 Å². The molecule has 0 bridgehead atoms. The lowest BCUT2D eigenvalue weighted by Gasteiger charge is -2.45. The first-order valence-corrected chi connectivity index (χ1v) is 6.68. The summed E-state index contributed by atoms with van der Waals surface area (Å²) in [5.74, 6) is 1.72. The lowest BCUT2D eigenvalue weighted by Crippen LogP contribution is -2.54. The fourth-order valence-electron chi connectivity index (χ4n) is 3.08. The first-order chi connectivity index (χ1) is 8.20. The number of aryl methyl sites for hydroxylation is 1. The smallest absolute Gasteiger partial charge is 0.00936 e. The van der Waals surface area contributed by atoms with Gasteiger partial charge < -0.3 is 9.80 Å². The molecule has 0 amide bonds. The van der Waals surface area contributed by atoms with Crippen LogP contribution in [0.4, 0.5) is 0 Å². The highest BCUT2D eigenvalue weighted by atomic mass is 15.2. The molecule has 0 saturated carbocycles. The van der Waals surface area contributed by atoms with Gasteiger partial charge in [0.2, 0.25) is 0 Å². The molecular weight excluding hydrogens is 208 g/mol. The van der Waals surface area contributed by atoms with Crippen LogP contribution in [-0.2, 0) is 0 Å². The second kappa shape index (κ2) is 4.43. The molecule has 3 rings (SSSR count). The van der Waals surface area contributed by atoms with Gasteiger partial charge in [-0.05, 0) is 25.5 Å². The van der Waals surface area contributed by atoms with E-state index in [-0.39, 0.29) is 0 Å². The van der Waals surface area contributed by atoms with E-state index >= 15 is 0 Å². The van der Waals surface area contributed by atoms with Crippen LogP contribution in [0.5, 0.6) is 0 Å². The Balaban J connectivity index is 1.46. The molecule has 0 N–H and O–H groups in total. The number of rotatable bonds is 3. The maximum atomic E-state index is 2.61. The molecule has 92 valence electrons. The van der Waals surface area contributed by atoms with Crippen molar-refractivity contribution in [3.8, 4) is 0 Å². The van der Waals surface area contributed by atoms with Crippen molar-refractivity contribution in [2.75, 3.05) is 39.8 Å². The zero-order valence-corrected chi connectivity index (χ0v) is 10.9. The Morgan fingerprint density at radius 3 is 2.29 bits per heavy atom. The van der Waals surface area contributed by atoms with E-state index in [9.17, 15) is 0 Å². The monoisotopic (exact) mass is 230 g/mol. The maximum Gasteiger partial charge on any atom is 0.00936 e. The van der Waals surface area contributed by atoms with Gasteiger partial charge in [0.25, 0.3) is 0 Å². The number of nitrogens with zero attached hydrogens (tertiary/aromatic N) is 2. The van der Waals surface area contributed by atoms with Crippen LogP contribution in [0.15, 0.2) is 24.3 Å². The van der Waals surface area contributed by atoms with Gasteiger partial charge in [0.05, 0.1) is 0 Å². The molecule has 1 aromatic rings. The second-order valence-electron chi connectivity index (χ2n) is 5.91. The van der Waals surface area contributed by atoms with Crippen LogP contribution in [0, 0.1) is 12.8 Å². The lowest BCUT2D eigenvalue weighted by molar-refractivity contribution is 0.0538. The lowest BCUT2D eigenvalue weighted by atomic mass is 9.89. The molecule has 0 spiro atoms. The van der Waals surface area contributed by atoms with Gasteiger partial charge in [-0.2, -0.15) is 0 Å². The van der Waals surface area contributed by atoms with Gasteiger partial charge in [0, 0.05) is 38.6 Å². The zero-order chi connectivity index (χ0) is 11.8. The molecule has 2 fully saturated rings. The molecule has 2 aliphatic heterocycles. The minimum absolute atomic E-state index is 0.786. The van der Waals surface area contributed by atoms with Crippen LogP contribution in [0.3, 0.4) is 0 Å². The molecule has 1 aromatic carbocycles. The Kier molecular flexibility index (Phi) is 2.93.